The smallest absolute Gasteiger partial charge is 0.264 e. The first kappa shape index (κ1) is 24.2. The van der Waals surface area contributed by atoms with Gasteiger partial charge >= 0.3 is 0 Å². The van der Waals surface area contributed by atoms with Gasteiger partial charge in [0.25, 0.3) is 10.0 Å². The standard InChI is InChI=1S/C29H31N3O3S/c1-31(24-12-7-4-8-13-24)36(33,34)25-16-17-26(29(20-25)35-2)27-18-15-23(30-27)21-32-19-9-14-28(32)22-10-5-3-6-11-22/h3-8,10-13,15-18,20,28,30H,9,14,19,21H2,1-2H3/t28-/m1/s1. The Hall–Kier alpha value is -3.55. The summed E-state index contributed by atoms with van der Waals surface area (Å²) >= 11 is 0. The Morgan fingerprint density at radius 2 is 1.69 bits per heavy atom. The number of aromatic nitrogens is 1. The van der Waals surface area contributed by atoms with Gasteiger partial charge in [0, 0.05) is 42.7 Å². The van der Waals surface area contributed by atoms with Crippen LogP contribution in [-0.2, 0) is 16.6 Å². The van der Waals surface area contributed by atoms with Crippen molar-refractivity contribution < 1.29 is 13.2 Å². The molecule has 5 rings (SSSR count). The molecule has 0 bridgehead atoms. The van der Waals surface area contributed by atoms with E-state index in [0.717, 1.165) is 30.0 Å². The van der Waals surface area contributed by atoms with E-state index in [1.165, 1.54) is 22.7 Å². The summed E-state index contributed by atoms with van der Waals surface area (Å²) in [5, 5.41) is 0. The summed E-state index contributed by atoms with van der Waals surface area (Å²) in [5.41, 5.74) is 4.81. The Bertz CT molecular complexity index is 1420. The van der Waals surface area contributed by atoms with Crippen LogP contribution >= 0.6 is 0 Å². The maximum Gasteiger partial charge on any atom is 0.264 e. The highest BCUT2D eigenvalue weighted by atomic mass is 32.2. The van der Waals surface area contributed by atoms with E-state index in [4.69, 9.17) is 4.74 Å². The molecule has 0 saturated carbocycles. The highest BCUT2D eigenvalue weighted by Crippen LogP contribution is 2.35. The highest BCUT2D eigenvalue weighted by molar-refractivity contribution is 7.92. The number of ether oxygens (including phenoxy) is 1. The lowest BCUT2D eigenvalue weighted by Crippen LogP contribution is -2.26. The van der Waals surface area contributed by atoms with Crippen LogP contribution in [0.15, 0.2) is 95.9 Å². The fourth-order valence-corrected chi connectivity index (χ4v) is 6.18. The summed E-state index contributed by atoms with van der Waals surface area (Å²) in [5.74, 6) is 0.509. The summed E-state index contributed by atoms with van der Waals surface area (Å²) in [6.07, 6.45) is 2.35. The Morgan fingerprint density at radius 3 is 2.42 bits per heavy atom. The zero-order valence-electron chi connectivity index (χ0n) is 20.6. The molecular weight excluding hydrogens is 470 g/mol. The summed E-state index contributed by atoms with van der Waals surface area (Å²) in [6, 6.07) is 29.3. The predicted molar refractivity (Wildman–Crippen MR) is 144 cm³/mol. The molecule has 0 radical (unpaired) electrons. The van der Waals surface area contributed by atoms with E-state index >= 15 is 0 Å². The highest BCUT2D eigenvalue weighted by Gasteiger charge is 2.27. The Labute approximate surface area is 213 Å². The molecule has 1 aliphatic rings. The molecule has 3 aromatic carbocycles. The zero-order chi connectivity index (χ0) is 25.1. The number of hydrogen-bond acceptors (Lipinski definition) is 4. The van der Waals surface area contributed by atoms with Gasteiger partial charge in [0.2, 0.25) is 0 Å². The lowest BCUT2D eigenvalue weighted by Gasteiger charge is -2.24. The minimum Gasteiger partial charge on any atom is -0.496 e. The molecule has 1 aromatic heterocycles. The maximum atomic E-state index is 13.3. The van der Waals surface area contributed by atoms with Gasteiger partial charge in [-0.2, -0.15) is 0 Å². The topological polar surface area (TPSA) is 65.6 Å². The van der Waals surface area contributed by atoms with Gasteiger partial charge < -0.3 is 9.72 Å². The first-order chi connectivity index (χ1) is 17.5. The molecular formula is C29H31N3O3S. The number of nitrogens with zero attached hydrogens (tertiary/aromatic N) is 2. The molecule has 0 aliphatic carbocycles. The number of aromatic amines is 1. The summed E-state index contributed by atoms with van der Waals surface area (Å²) in [6.45, 7) is 1.90. The minimum absolute atomic E-state index is 0.184. The third kappa shape index (κ3) is 4.76. The number of benzene rings is 3. The molecule has 2 heterocycles. The zero-order valence-corrected chi connectivity index (χ0v) is 21.4. The molecule has 0 unspecified atom stereocenters. The van der Waals surface area contributed by atoms with Crippen LogP contribution < -0.4 is 9.04 Å². The Kier molecular flexibility index (Phi) is 6.85. The molecule has 7 heteroatoms. The Morgan fingerprint density at radius 1 is 0.972 bits per heavy atom. The van der Waals surface area contributed by atoms with Crippen LogP contribution in [0.25, 0.3) is 11.3 Å². The second-order valence-electron chi connectivity index (χ2n) is 9.11. The van der Waals surface area contributed by atoms with E-state index in [9.17, 15) is 8.42 Å². The van der Waals surface area contributed by atoms with Gasteiger partial charge in [-0.15, -0.1) is 0 Å². The molecule has 4 aromatic rings. The van der Waals surface area contributed by atoms with Crippen molar-refractivity contribution in [1.82, 2.24) is 9.88 Å². The molecule has 1 atom stereocenters. The summed E-state index contributed by atoms with van der Waals surface area (Å²) < 4.78 is 33.4. The normalized spacial score (nSPS) is 16.2. The number of anilines is 1. The lowest BCUT2D eigenvalue weighted by atomic mass is 10.0. The van der Waals surface area contributed by atoms with Gasteiger partial charge in [0.15, 0.2) is 0 Å². The van der Waals surface area contributed by atoms with E-state index in [0.29, 0.717) is 17.5 Å². The minimum atomic E-state index is -3.73. The van der Waals surface area contributed by atoms with E-state index in [1.54, 1.807) is 38.4 Å². The van der Waals surface area contributed by atoms with Crippen molar-refractivity contribution >= 4 is 15.7 Å². The fraction of sp³-hybridized carbons (Fsp3) is 0.241. The molecule has 6 nitrogen and oxygen atoms in total. The monoisotopic (exact) mass is 501 g/mol. The maximum absolute atomic E-state index is 13.3. The van der Waals surface area contributed by atoms with Crippen LogP contribution in [0.1, 0.15) is 30.1 Å². The number of methoxy groups -OCH3 is 1. The molecule has 1 fully saturated rings. The lowest BCUT2D eigenvalue weighted by molar-refractivity contribution is 0.246. The van der Waals surface area contributed by atoms with Crippen LogP contribution in [0, 0.1) is 0 Å². The van der Waals surface area contributed by atoms with Crippen molar-refractivity contribution in [3.05, 3.63) is 102 Å². The number of nitrogens with one attached hydrogen (secondary N) is 1. The molecule has 1 N–H and O–H groups in total. The van der Waals surface area contributed by atoms with E-state index in [2.05, 4.69) is 46.3 Å². The van der Waals surface area contributed by atoms with Crippen LogP contribution in [0.2, 0.25) is 0 Å². The van der Waals surface area contributed by atoms with Gasteiger partial charge in [-0.05, 0) is 61.3 Å². The Balaban J connectivity index is 1.37. The summed E-state index contributed by atoms with van der Waals surface area (Å²) in [4.78, 5) is 6.22. The number of para-hydroxylation sites is 1. The van der Waals surface area contributed by atoms with Gasteiger partial charge in [-0.3, -0.25) is 9.21 Å². The van der Waals surface area contributed by atoms with Crippen molar-refractivity contribution in [2.45, 2.75) is 30.3 Å². The first-order valence-corrected chi connectivity index (χ1v) is 13.6. The SMILES string of the molecule is COc1cc(S(=O)(=O)N(C)c2ccccc2)ccc1-c1ccc(CN2CCC[C@@H]2c2ccccc2)[nH]1. The third-order valence-electron chi connectivity index (χ3n) is 6.91. The number of rotatable bonds is 8. The molecule has 0 spiro atoms. The molecule has 1 aliphatic heterocycles. The van der Waals surface area contributed by atoms with Crippen LogP contribution in [-0.4, -0.2) is 39.0 Å². The van der Waals surface area contributed by atoms with Crippen LogP contribution in [0.3, 0.4) is 0 Å². The number of sulfonamides is 1. The van der Waals surface area contributed by atoms with Crippen LogP contribution in [0.5, 0.6) is 5.75 Å². The van der Waals surface area contributed by atoms with E-state index in [-0.39, 0.29) is 4.90 Å². The average molecular weight is 502 g/mol. The molecule has 186 valence electrons. The van der Waals surface area contributed by atoms with Gasteiger partial charge in [-0.1, -0.05) is 48.5 Å². The second-order valence-corrected chi connectivity index (χ2v) is 11.1. The van der Waals surface area contributed by atoms with Gasteiger partial charge in [0.1, 0.15) is 5.75 Å². The quantitative estimate of drug-likeness (QED) is 0.329. The van der Waals surface area contributed by atoms with E-state index < -0.39 is 10.0 Å². The van der Waals surface area contributed by atoms with Crippen molar-refractivity contribution in [2.75, 3.05) is 25.0 Å². The van der Waals surface area contributed by atoms with Crippen LogP contribution in [0.4, 0.5) is 5.69 Å². The second kappa shape index (κ2) is 10.2. The van der Waals surface area contributed by atoms with E-state index in [1.807, 2.05) is 30.3 Å². The van der Waals surface area contributed by atoms with Crippen molar-refractivity contribution in [3.8, 4) is 17.0 Å². The number of H-pyrrole nitrogens is 1. The van der Waals surface area contributed by atoms with Crippen molar-refractivity contribution in [1.29, 1.82) is 0 Å². The van der Waals surface area contributed by atoms with Gasteiger partial charge in [-0.25, -0.2) is 8.42 Å². The van der Waals surface area contributed by atoms with Gasteiger partial charge in [0.05, 0.1) is 17.7 Å². The van der Waals surface area contributed by atoms with Crippen molar-refractivity contribution in [2.24, 2.45) is 0 Å². The first-order valence-electron chi connectivity index (χ1n) is 12.2. The number of hydrogen-bond donors (Lipinski definition) is 1. The largest absolute Gasteiger partial charge is 0.496 e. The number of likely N-dealkylation sites (tertiary alicyclic amines) is 1. The molecule has 36 heavy (non-hydrogen) atoms. The predicted octanol–water partition coefficient (Wildman–Crippen LogP) is 5.85. The summed E-state index contributed by atoms with van der Waals surface area (Å²) in [7, 11) is -0.607. The van der Waals surface area contributed by atoms with Crippen molar-refractivity contribution in [3.63, 3.8) is 0 Å². The molecule has 0 amide bonds. The fourth-order valence-electron chi connectivity index (χ4n) is 4.97. The molecule has 1 saturated heterocycles. The third-order valence-corrected chi connectivity index (χ3v) is 8.69. The average Bonchev–Trinajstić information content (AvgIpc) is 3.59.